The normalized spacial score (nSPS) is 12.0. The number of nitrogens with two attached hydrogens (primary N) is 1. The molecule has 0 spiro atoms. The third-order valence-electron chi connectivity index (χ3n) is 3.00. The Kier molecular flexibility index (Phi) is 10.3. The van der Waals surface area contributed by atoms with Gasteiger partial charge in [-0.05, 0) is 37.6 Å². The third-order valence-corrected chi connectivity index (χ3v) is 3.00. The molecule has 0 radical (unpaired) electrons. The molecule has 6 nitrogen and oxygen atoms in total. The largest absolute Gasteiger partial charge is 0.497 e. The number of nitrogens with zero attached hydrogens (tertiary/aromatic N) is 1. The lowest BCUT2D eigenvalue weighted by molar-refractivity contribution is -0.121. The predicted octanol–water partition coefficient (Wildman–Crippen LogP) is 2.34. The lowest BCUT2D eigenvalue weighted by Crippen LogP contribution is -2.32. The Labute approximate surface area is 148 Å². The van der Waals surface area contributed by atoms with Crippen LogP contribution in [0.2, 0.25) is 0 Å². The summed E-state index contributed by atoms with van der Waals surface area (Å²) in [6.45, 7) is 4.36. The molecule has 1 atom stereocenters. The van der Waals surface area contributed by atoms with E-state index in [9.17, 15) is 4.79 Å². The second-order valence-corrected chi connectivity index (χ2v) is 4.75. The Morgan fingerprint density at radius 2 is 2.00 bits per heavy atom. The molecule has 1 unspecified atom stereocenters. The molecule has 22 heavy (non-hydrogen) atoms. The molecule has 1 rings (SSSR count). The lowest BCUT2D eigenvalue weighted by atomic mass is 10.2. The highest BCUT2D eigenvalue weighted by Crippen LogP contribution is 2.14. The highest BCUT2D eigenvalue weighted by molar-refractivity contribution is 14.0. The van der Waals surface area contributed by atoms with Crippen LogP contribution in [0.5, 0.6) is 5.75 Å². The minimum Gasteiger partial charge on any atom is -0.497 e. The van der Waals surface area contributed by atoms with Crippen LogP contribution in [0.1, 0.15) is 26.7 Å². The summed E-state index contributed by atoms with van der Waals surface area (Å²) in [5, 5.41) is 5.84. The quantitative estimate of drug-likeness (QED) is 0.359. The van der Waals surface area contributed by atoms with E-state index in [0.717, 1.165) is 17.9 Å². The number of guanidine groups is 1. The van der Waals surface area contributed by atoms with Crippen LogP contribution in [0.3, 0.4) is 0 Å². The lowest BCUT2D eigenvalue weighted by Gasteiger charge is -2.10. The molecule has 0 saturated heterocycles. The summed E-state index contributed by atoms with van der Waals surface area (Å²) < 4.78 is 5.07. The van der Waals surface area contributed by atoms with E-state index in [-0.39, 0.29) is 41.9 Å². The van der Waals surface area contributed by atoms with Crippen molar-refractivity contribution < 1.29 is 9.53 Å². The Balaban J connectivity index is 0.00000441. The number of carbonyl (C=O) groups excluding carboxylic acids is 1. The van der Waals surface area contributed by atoms with Crippen molar-refractivity contribution in [3.8, 4) is 5.75 Å². The van der Waals surface area contributed by atoms with Crippen LogP contribution in [0.4, 0.5) is 5.69 Å². The van der Waals surface area contributed by atoms with Gasteiger partial charge in [-0.1, -0.05) is 6.92 Å². The fourth-order valence-corrected chi connectivity index (χ4v) is 1.59. The Bertz CT molecular complexity index is 477. The first-order valence-electron chi connectivity index (χ1n) is 7.05. The van der Waals surface area contributed by atoms with E-state index >= 15 is 0 Å². The molecule has 0 aliphatic rings. The van der Waals surface area contributed by atoms with E-state index in [1.165, 1.54) is 0 Å². The third kappa shape index (κ3) is 8.06. The van der Waals surface area contributed by atoms with Gasteiger partial charge in [0.15, 0.2) is 5.96 Å². The minimum atomic E-state index is -0.00894. The Hall–Kier alpha value is -1.51. The molecular formula is C15H25IN4O2. The van der Waals surface area contributed by atoms with Crippen LogP contribution < -0.4 is 21.1 Å². The highest BCUT2D eigenvalue weighted by Gasteiger charge is 2.04. The minimum absolute atomic E-state index is 0. The van der Waals surface area contributed by atoms with Crippen molar-refractivity contribution in [2.24, 2.45) is 10.7 Å². The summed E-state index contributed by atoms with van der Waals surface area (Å²) >= 11 is 0. The fourth-order valence-electron chi connectivity index (χ4n) is 1.59. The standard InChI is InChI=1S/C15H24N4O2.HI/c1-4-11(2)18-14(20)9-10-17-15(16)19-12-5-7-13(21-3)8-6-12;/h5-8,11H,4,9-10H2,1-3H3,(H,18,20)(H3,16,17,19);1H. The first kappa shape index (κ1) is 20.5. The number of hydrogen-bond donors (Lipinski definition) is 3. The number of anilines is 1. The van der Waals surface area contributed by atoms with Crippen molar-refractivity contribution in [2.75, 3.05) is 19.0 Å². The summed E-state index contributed by atoms with van der Waals surface area (Å²) in [7, 11) is 1.61. The van der Waals surface area contributed by atoms with Gasteiger partial charge in [0.05, 0.1) is 13.7 Å². The number of hydrogen-bond acceptors (Lipinski definition) is 3. The van der Waals surface area contributed by atoms with Gasteiger partial charge in [0.25, 0.3) is 0 Å². The zero-order valence-electron chi connectivity index (χ0n) is 13.3. The average molecular weight is 420 g/mol. The molecule has 4 N–H and O–H groups in total. The Morgan fingerprint density at radius 3 is 2.55 bits per heavy atom. The molecule has 7 heteroatoms. The Morgan fingerprint density at radius 1 is 1.36 bits per heavy atom. The van der Waals surface area contributed by atoms with Crippen LogP contribution in [0.15, 0.2) is 29.3 Å². The van der Waals surface area contributed by atoms with Crippen molar-refractivity contribution in [3.05, 3.63) is 24.3 Å². The number of nitrogens with one attached hydrogen (secondary N) is 2. The van der Waals surface area contributed by atoms with Crippen molar-refractivity contribution in [3.63, 3.8) is 0 Å². The van der Waals surface area contributed by atoms with Gasteiger partial charge in [-0.15, -0.1) is 24.0 Å². The predicted molar refractivity (Wildman–Crippen MR) is 101 cm³/mol. The fraction of sp³-hybridized carbons (Fsp3) is 0.467. The maximum atomic E-state index is 11.6. The number of carbonyl (C=O) groups is 1. The van der Waals surface area contributed by atoms with Gasteiger partial charge in [-0.25, -0.2) is 0 Å². The number of rotatable bonds is 7. The summed E-state index contributed by atoms with van der Waals surface area (Å²) in [6, 6.07) is 7.54. The molecule has 0 aromatic heterocycles. The van der Waals surface area contributed by atoms with Gasteiger partial charge in [0.2, 0.25) is 5.91 Å². The number of aliphatic imine (C=N–C) groups is 1. The number of methoxy groups -OCH3 is 1. The van der Waals surface area contributed by atoms with Gasteiger partial charge < -0.3 is 21.1 Å². The molecule has 0 bridgehead atoms. The second-order valence-electron chi connectivity index (χ2n) is 4.75. The highest BCUT2D eigenvalue weighted by atomic mass is 127. The molecule has 0 aliphatic heterocycles. The monoisotopic (exact) mass is 420 g/mol. The SMILES string of the molecule is CCC(C)NC(=O)CCN=C(N)Nc1ccc(OC)cc1.I. The molecule has 1 aromatic carbocycles. The first-order chi connectivity index (χ1) is 10.0. The molecule has 124 valence electrons. The van der Waals surface area contributed by atoms with E-state index in [1.54, 1.807) is 7.11 Å². The molecule has 1 aromatic rings. The molecular weight excluding hydrogens is 395 g/mol. The van der Waals surface area contributed by atoms with Crippen LogP contribution in [-0.2, 0) is 4.79 Å². The van der Waals surface area contributed by atoms with E-state index < -0.39 is 0 Å². The number of amides is 1. The van der Waals surface area contributed by atoms with Crippen molar-refractivity contribution >= 4 is 41.5 Å². The van der Waals surface area contributed by atoms with E-state index in [0.29, 0.717) is 13.0 Å². The van der Waals surface area contributed by atoms with Gasteiger partial charge in [0.1, 0.15) is 5.75 Å². The van der Waals surface area contributed by atoms with Crippen molar-refractivity contribution in [1.29, 1.82) is 0 Å². The zero-order valence-corrected chi connectivity index (χ0v) is 15.6. The summed E-state index contributed by atoms with van der Waals surface area (Å²) in [5.41, 5.74) is 6.59. The van der Waals surface area contributed by atoms with Gasteiger partial charge in [-0.2, -0.15) is 0 Å². The van der Waals surface area contributed by atoms with E-state index in [2.05, 4.69) is 15.6 Å². The molecule has 1 amide bonds. The average Bonchev–Trinajstić information content (AvgIpc) is 2.47. The maximum absolute atomic E-state index is 11.6. The van der Waals surface area contributed by atoms with E-state index in [1.807, 2.05) is 38.1 Å². The first-order valence-corrected chi connectivity index (χ1v) is 7.05. The molecule has 0 fully saturated rings. The summed E-state index contributed by atoms with van der Waals surface area (Å²) in [5.74, 6) is 1.06. The van der Waals surface area contributed by atoms with Crippen molar-refractivity contribution in [1.82, 2.24) is 5.32 Å². The summed E-state index contributed by atoms with van der Waals surface area (Å²) in [6.07, 6.45) is 1.24. The topological polar surface area (TPSA) is 88.7 Å². The van der Waals surface area contributed by atoms with E-state index in [4.69, 9.17) is 10.5 Å². The molecule has 0 aliphatic carbocycles. The second kappa shape index (κ2) is 11.1. The molecule has 0 heterocycles. The number of ether oxygens (including phenoxy) is 1. The van der Waals surface area contributed by atoms with Gasteiger partial charge >= 0.3 is 0 Å². The van der Waals surface area contributed by atoms with Crippen LogP contribution in [0.25, 0.3) is 0 Å². The van der Waals surface area contributed by atoms with Crippen LogP contribution in [0, 0.1) is 0 Å². The maximum Gasteiger partial charge on any atom is 0.222 e. The van der Waals surface area contributed by atoms with Crippen LogP contribution >= 0.6 is 24.0 Å². The zero-order chi connectivity index (χ0) is 15.7. The number of benzene rings is 1. The van der Waals surface area contributed by atoms with Crippen molar-refractivity contribution in [2.45, 2.75) is 32.7 Å². The number of halogens is 1. The molecule has 0 saturated carbocycles. The van der Waals surface area contributed by atoms with Crippen LogP contribution in [-0.4, -0.2) is 31.6 Å². The van der Waals surface area contributed by atoms with Gasteiger partial charge in [0, 0.05) is 18.2 Å². The smallest absolute Gasteiger partial charge is 0.222 e. The summed E-state index contributed by atoms with van der Waals surface area (Å²) in [4.78, 5) is 15.7. The van der Waals surface area contributed by atoms with Gasteiger partial charge in [-0.3, -0.25) is 9.79 Å².